The number of hydrogen-bond donors (Lipinski definition) is 1. The van der Waals surface area contributed by atoms with Gasteiger partial charge in [0.05, 0.1) is 16.8 Å². The van der Waals surface area contributed by atoms with Crippen LogP contribution in [0.2, 0.25) is 0 Å². The fourth-order valence-electron chi connectivity index (χ4n) is 2.59. The second kappa shape index (κ2) is 5.67. The Balaban J connectivity index is 1.96. The van der Waals surface area contributed by atoms with Gasteiger partial charge in [-0.05, 0) is 42.9 Å². The van der Waals surface area contributed by atoms with Crippen molar-refractivity contribution in [1.29, 1.82) is 0 Å². The first-order chi connectivity index (χ1) is 10.0. The number of carbonyl (C=O) groups is 1. The van der Waals surface area contributed by atoms with E-state index in [4.69, 9.17) is 5.11 Å². The molecule has 0 bridgehead atoms. The molecule has 1 aliphatic rings. The number of fused-ring (bicyclic) bond motifs is 1. The number of rotatable bonds is 6. The molecule has 6 heteroatoms. The Kier molecular flexibility index (Phi) is 3.89. The Morgan fingerprint density at radius 1 is 1.57 bits per heavy atom. The number of nitrogens with zero attached hydrogens (tertiary/aromatic N) is 2. The molecule has 1 saturated carbocycles. The molecule has 1 fully saturated rings. The van der Waals surface area contributed by atoms with Crippen LogP contribution in [0.15, 0.2) is 23.4 Å². The van der Waals surface area contributed by atoms with Crippen LogP contribution in [0.3, 0.4) is 0 Å². The molecule has 1 aromatic carbocycles. The second-order valence-electron chi connectivity index (χ2n) is 5.64. The quantitative estimate of drug-likeness (QED) is 0.831. The van der Waals surface area contributed by atoms with E-state index < -0.39 is 5.97 Å². The molecule has 1 atom stereocenters. The summed E-state index contributed by atoms with van der Waals surface area (Å²) in [7, 11) is 0. The van der Waals surface area contributed by atoms with Gasteiger partial charge in [0.25, 0.3) is 0 Å². The van der Waals surface area contributed by atoms with Gasteiger partial charge in [-0.1, -0.05) is 18.7 Å². The van der Waals surface area contributed by atoms with Gasteiger partial charge in [-0.2, -0.15) is 0 Å². The van der Waals surface area contributed by atoms with Gasteiger partial charge < -0.3 is 9.67 Å². The number of carboxylic acid groups (broad SMARTS) is 1. The minimum Gasteiger partial charge on any atom is -0.481 e. The summed E-state index contributed by atoms with van der Waals surface area (Å²) in [4.78, 5) is 15.2. The Labute approximate surface area is 126 Å². The zero-order chi connectivity index (χ0) is 15.0. The van der Waals surface area contributed by atoms with Crippen molar-refractivity contribution in [2.24, 2.45) is 11.8 Å². The molecular formula is C15H17FN2O2S. The molecule has 1 aromatic heterocycles. The van der Waals surface area contributed by atoms with Gasteiger partial charge >= 0.3 is 5.97 Å². The molecule has 0 aliphatic heterocycles. The van der Waals surface area contributed by atoms with Crippen LogP contribution in [0.5, 0.6) is 0 Å². The van der Waals surface area contributed by atoms with E-state index in [1.807, 2.05) is 4.57 Å². The lowest BCUT2D eigenvalue weighted by Gasteiger charge is -2.14. The SMILES string of the molecule is CC(Cn1c(SCC(=O)O)nc2ccc(F)cc21)C1CC1. The predicted octanol–water partition coefficient (Wildman–Crippen LogP) is 3.40. The van der Waals surface area contributed by atoms with Crippen molar-refractivity contribution in [1.82, 2.24) is 9.55 Å². The van der Waals surface area contributed by atoms with Crippen LogP contribution in [-0.4, -0.2) is 26.4 Å². The van der Waals surface area contributed by atoms with E-state index in [0.29, 0.717) is 16.6 Å². The first-order valence-corrected chi connectivity index (χ1v) is 8.03. The molecule has 0 amide bonds. The summed E-state index contributed by atoms with van der Waals surface area (Å²) in [6.07, 6.45) is 2.50. The first kappa shape index (κ1) is 14.4. The average Bonchev–Trinajstić information content (AvgIpc) is 3.22. The molecule has 21 heavy (non-hydrogen) atoms. The Hall–Kier alpha value is -1.56. The van der Waals surface area contributed by atoms with Crippen molar-refractivity contribution in [2.75, 3.05) is 5.75 Å². The van der Waals surface area contributed by atoms with E-state index in [0.717, 1.165) is 18.0 Å². The number of thioether (sulfide) groups is 1. The molecule has 0 radical (unpaired) electrons. The molecule has 112 valence electrons. The number of aromatic nitrogens is 2. The topological polar surface area (TPSA) is 55.1 Å². The zero-order valence-corrected chi connectivity index (χ0v) is 12.6. The standard InChI is InChI=1S/C15H17FN2O2S/c1-9(10-2-3-10)7-18-13-6-11(16)4-5-12(13)17-15(18)21-8-14(19)20/h4-6,9-10H,2-3,7-8H2,1H3,(H,19,20). The molecule has 0 saturated heterocycles. The third kappa shape index (κ3) is 3.20. The Bertz CT molecular complexity index is 682. The van der Waals surface area contributed by atoms with Crippen LogP contribution < -0.4 is 0 Å². The maximum atomic E-state index is 13.5. The first-order valence-electron chi connectivity index (χ1n) is 7.05. The van der Waals surface area contributed by atoms with Gasteiger partial charge in [0, 0.05) is 6.54 Å². The summed E-state index contributed by atoms with van der Waals surface area (Å²) >= 11 is 1.19. The number of halogens is 1. The maximum Gasteiger partial charge on any atom is 0.313 e. The van der Waals surface area contributed by atoms with E-state index in [2.05, 4.69) is 11.9 Å². The molecular weight excluding hydrogens is 291 g/mol. The Morgan fingerprint density at radius 2 is 2.33 bits per heavy atom. The number of aliphatic carboxylic acids is 1. The summed E-state index contributed by atoms with van der Waals surface area (Å²) in [6.45, 7) is 2.95. The van der Waals surface area contributed by atoms with Crippen LogP contribution in [0.1, 0.15) is 19.8 Å². The largest absolute Gasteiger partial charge is 0.481 e. The van der Waals surface area contributed by atoms with E-state index in [1.54, 1.807) is 6.07 Å². The minimum atomic E-state index is -0.875. The summed E-state index contributed by atoms with van der Waals surface area (Å²) in [5, 5.41) is 9.50. The van der Waals surface area contributed by atoms with Gasteiger partial charge in [0.1, 0.15) is 5.82 Å². The van der Waals surface area contributed by atoms with Gasteiger partial charge in [-0.15, -0.1) is 0 Å². The van der Waals surface area contributed by atoms with E-state index in [-0.39, 0.29) is 11.6 Å². The number of benzene rings is 1. The van der Waals surface area contributed by atoms with Crippen LogP contribution in [0, 0.1) is 17.7 Å². The highest BCUT2D eigenvalue weighted by Crippen LogP contribution is 2.38. The van der Waals surface area contributed by atoms with Crippen LogP contribution in [0.4, 0.5) is 4.39 Å². The highest BCUT2D eigenvalue weighted by atomic mass is 32.2. The molecule has 1 unspecified atom stereocenters. The van der Waals surface area contributed by atoms with Gasteiger partial charge in [0.2, 0.25) is 0 Å². The lowest BCUT2D eigenvalue weighted by atomic mass is 10.1. The van der Waals surface area contributed by atoms with Crippen molar-refractivity contribution in [3.8, 4) is 0 Å². The highest BCUT2D eigenvalue weighted by molar-refractivity contribution is 7.99. The van der Waals surface area contributed by atoms with Crippen LogP contribution in [-0.2, 0) is 11.3 Å². The molecule has 1 N–H and O–H groups in total. The smallest absolute Gasteiger partial charge is 0.313 e. The Morgan fingerprint density at radius 3 is 3.00 bits per heavy atom. The predicted molar refractivity (Wildman–Crippen MR) is 79.9 cm³/mol. The average molecular weight is 308 g/mol. The van der Waals surface area contributed by atoms with E-state index >= 15 is 0 Å². The van der Waals surface area contributed by atoms with Crippen LogP contribution >= 0.6 is 11.8 Å². The van der Waals surface area contributed by atoms with Crippen molar-refractivity contribution < 1.29 is 14.3 Å². The van der Waals surface area contributed by atoms with Gasteiger partial charge in [-0.25, -0.2) is 9.37 Å². The third-order valence-electron chi connectivity index (χ3n) is 3.90. The minimum absolute atomic E-state index is 0.0381. The summed E-state index contributed by atoms with van der Waals surface area (Å²) in [5.74, 6) is 0.0181. The zero-order valence-electron chi connectivity index (χ0n) is 11.8. The third-order valence-corrected chi connectivity index (χ3v) is 4.86. The number of imidazole rings is 1. The van der Waals surface area contributed by atoms with Gasteiger partial charge in [-0.3, -0.25) is 4.79 Å². The molecule has 1 aliphatic carbocycles. The number of carboxylic acids is 1. The van der Waals surface area contributed by atoms with Crippen molar-refractivity contribution in [2.45, 2.75) is 31.5 Å². The summed E-state index contributed by atoms with van der Waals surface area (Å²) in [5.41, 5.74) is 1.46. The van der Waals surface area contributed by atoms with Crippen LogP contribution in [0.25, 0.3) is 11.0 Å². The van der Waals surface area contributed by atoms with Crippen molar-refractivity contribution >= 4 is 28.8 Å². The summed E-state index contributed by atoms with van der Waals surface area (Å²) < 4.78 is 15.5. The monoisotopic (exact) mass is 308 g/mol. The van der Waals surface area contributed by atoms with E-state index in [9.17, 15) is 9.18 Å². The normalized spacial score (nSPS) is 16.3. The van der Waals surface area contributed by atoms with Gasteiger partial charge in [0.15, 0.2) is 5.16 Å². The lowest BCUT2D eigenvalue weighted by Crippen LogP contribution is -2.11. The highest BCUT2D eigenvalue weighted by Gasteiger charge is 2.29. The lowest BCUT2D eigenvalue weighted by molar-refractivity contribution is -0.133. The molecule has 3 rings (SSSR count). The maximum absolute atomic E-state index is 13.5. The van der Waals surface area contributed by atoms with Crippen molar-refractivity contribution in [3.05, 3.63) is 24.0 Å². The van der Waals surface area contributed by atoms with Crippen molar-refractivity contribution in [3.63, 3.8) is 0 Å². The fraction of sp³-hybridized carbons (Fsp3) is 0.467. The second-order valence-corrected chi connectivity index (χ2v) is 6.58. The summed E-state index contributed by atoms with van der Waals surface area (Å²) in [6, 6.07) is 4.51. The number of hydrogen-bond acceptors (Lipinski definition) is 3. The molecule has 4 nitrogen and oxygen atoms in total. The molecule has 2 aromatic rings. The molecule has 0 spiro atoms. The molecule has 1 heterocycles. The van der Waals surface area contributed by atoms with E-state index in [1.165, 1.54) is 36.7 Å². The fourth-order valence-corrected chi connectivity index (χ4v) is 3.33.